The third-order valence-corrected chi connectivity index (χ3v) is 4.36. The van der Waals surface area contributed by atoms with E-state index >= 15 is 0 Å². The van der Waals surface area contributed by atoms with E-state index in [0.29, 0.717) is 6.42 Å². The summed E-state index contributed by atoms with van der Waals surface area (Å²) in [6.45, 7) is 3.88. The van der Waals surface area contributed by atoms with E-state index in [1.54, 1.807) is 23.7 Å². The van der Waals surface area contributed by atoms with Crippen molar-refractivity contribution in [2.45, 2.75) is 25.9 Å². The number of hydrogen-bond donors (Lipinski definition) is 1. The summed E-state index contributed by atoms with van der Waals surface area (Å²) in [6.07, 6.45) is 4.11. The predicted octanol–water partition coefficient (Wildman–Crippen LogP) is 3.66. The standard InChI is InChI=1S/C13H14BrNOS/c1-9-3-4-17-12(9)13(2,16)6-10-5-11(14)8-15-7-10/h3-5,7-8,16H,6H2,1-2H3. The van der Waals surface area contributed by atoms with Gasteiger partial charge in [-0.1, -0.05) is 0 Å². The van der Waals surface area contributed by atoms with E-state index < -0.39 is 5.60 Å². The number of rotatable bonds is 3. The predicted molar refractivity (Wildman–Crippen MR) is 74.3 cm³/mol. The number of pyridine rings is 1. The van der Waals surface area contributed by atoms with E-state index in [1.807, 2.05) is 31.4 Å². The Morgan fingerprint density at radius 1 is 1.47 bits per heavy atom. The van der Waals surface area contributed by atoms with Gasteiger partial charge in [0.05, 0.1) is 0 Å². The van der Waals surface area contributed by atoms with Crippen molar-refractivity contribution in [1.29, 1.82) is 0 Å². The lowest BCUT2D eigenvalue weighted by Gasteiger charge is -2.23. The molecule has 0 fully saturated rings. The highest BCUT2D eigenvalue weighted by Gasteiger charge is 2.26. The monoisotopic (exact) mass is 311 g/mol. The second-order valence-corrected chi connectivity index (χ2v) is 6.23. The Labute approximate surface area is 113 Å². The van der Waals surface area contributed by atoms with Gasteiger partial charge in [0.15, 0.2) is 0 Å². The van der Waals surface area contributed by atoms with Crippen LogP contribution in [0.4, 0.5) is 0 Å². The van der Waals surface area contributed by atoms with Crippen LogP contribution in [0.15, 0.2) is 34.4 Å². The molecule has 2 aromatic rings. The van der Waals surface area contributed by atoms with Gasteiger partial charge in [0.2, 0.25) is 0 Å². The summed E-state index contributed by atoms with van der Waals surface area (Å²) in [7, 11) is 0. The lowest BCUT2D eigenvalue weighted by Crippen LogP contribution is -2.23. The first-order chi connectivity index (χ1) is 7.99. The van der Waals surface area contributed by atoms with Gasteiger partial charge in [0.25, 0.3) is 0 Å². The first-order valence-corrected chi connectivity index (χ1v) is 7.03. The van der Waals surface area contributed by atoms with E-state index in [1.165, 1.54) is 0 Å². The molecule has 0 saturated heterocycles. The van der Waals surface area contributed by atoms with Gasteiger partial charge in [-0.25, -0.2) is 0 Å². The molecular formula is C13H14BrNOS. The average molecular weight is 312 g/mol. The molecule has 90 valence electrons. The molecule has 0 aliphatic carbocycles. The maximum Gasteiger partial charge on any atom is 0.100 e. The van der Waals surface area contributed by atoms with E-state index in [-0.39, 0.29) is 0 Å². The smallest absolute Gasteiger partial charge is 0.100 e. The van der Waals surface area contributed by atoms with Crippen LogP contribution in [0, 0.1) is 6.92 Å². The minimum Gasteiger partial charge on any atom is -0.384 e. The molecule has 2 nitrogen and oxygen atoms in total. The lowest BCUT2D eigenvalue weighted by molar-refractivity contribution is 0.0608. The van der Waals surface area contributed by atoms with Crippen LogP contribution in [0.25, 0.3) is 0 Å². The first kappa shape index (κ1) is 12.7. The zero-order chi connectivity index (χ0) is 12.5. The molecule has 2 aromatic heterocycles. The molecule has 4 heteroatoms. The van der Waals surface area contributed by atoms with Crippen molar-refractivity contribution in [3.05, 3.63) is 50.4 Å². The second-order valence-electron chi connectivity index (χ2n) is 4.39. The van der Waals surface area contributed by atoms with Crippen LogP contribution in [0.2, 0.25) is 0 Å². The summed E-state index contributed by atoms with van der Waals surface area (Å²) in [5.41, 5.74) is 1.33. The van der Waals surface area contributed by atoms with Crippen LogP contribution >= 0.6 is 27.3 Å². The molecule has 2 rings (SSSR count). The fourth-order valence-corrected chi connectivity index (χ4v) is 3.36. The van der Waals surface area contributed by atoms with Crippen LogP contribution in [0.5, 0.6) is 0 Å². The van der Waals surface area contributed by atoms with E-state index in [9.17, 15) is 5.11 Å². The average Bonchev–Trinajstić information content (AvgIpc) is 2.64. The van der Waals surface area contributed by atoms with Crippen LogP contribution in [0.1, 0.15) is 22.9 Å². The summed E-state index contributed by atoms with van der Waals surface area (Å²) < 4.78 is 0.939. The van der Waals surface area contributed by atoms with Crippen molar-refractivity contribution in [3.63, 3.8) is 0 Å². The number of hydrogen-bond acceptors (Lipinski definition) is 3. The summed E-state index contributed by atoms with van der Waals surface area (Å²) in [5, 5.41) is 12.6. The van der Waals surface area contributed by atoms with Crippen molar-refractivity contribution in [2.75, 3.05) is 0 Å². The van der Waals surface area contributed by atoms with Crippen molar-refractivity contribution >= 4 is 27.3 Å². The van der Waals surface area contributed by atoms with E-state index in [4.69, 9.17) is 0 Å². The normalized spacial score (nSPS) is 14.6. The number of nitrogens with zero attached hydrogens (tertiary/aromatic N) is 1. The Bertz CT molecular complexity index is 522. The molecule has 0 saturated carbocycles. The third-order valence-electron chi connectivity index (χ3n) is 2.66. The Hall–Kier alpha value is -0.710. The summed E-state index contributed by atoms with van der Waals surface area (Å²) >= 11 is 4.99. The van der Waals surface area contributed by atoms with Crippen molar-refractivity contribution in [2.24, 2.45) is 0 Å². The van der Waals surface area contributed by atoms with Crippen LogP contribution < -0.4 is 0 Å². The largest absolute Gasteiger partial charge is 0.384 e. The van der Waals surface area contributed by atoms with Crippen molar-refractivity contribution in [3.8, 4) is 0 Å². The van der Waals surface area contributed by atoms with Crippen LogP contribution in [-0.2, 0) is 12.0 Å². The number of aromatic nitrogens is 1. The van der Waals surface area contributed by atoms with E-state index in [0.717, 1.165) is 20.5 Å². The van der Waals surface area contributed by atoms with Crippen LogP contribution in [0.3, 0.4) is 0 Å². The molecule has 0 aliphatic heterocycles. The molecule has 1 unspecified atom stereocenters. The van der Waals surface area contributed by atoms with Gasteiger partial charge in [-0.2, -0.15) is 0 Å². The molecule has 0 spiro atoms. The second kappa shape index (κ2) is 4.88. The Morgan fingerprint density at radius 2 is 2.24 bits per heavy atom. The molecule has 0 bridgehead atoms. The molecule has 1 N–H and O–H groups in total. The highest BCUT2D eigenvalue weighted by Crippen LogP contribution is 2.32. The molecular weight excluding hydrogens is 298 g/mol. The van der Waals surface area contributed by atoms with Gasteiger partial charge < -0.3 is 5.11 Å². The Kier molecular flexibility index (Phi) is 3.66. The molecule has 0 amide bonds. The van der Waals surface area contributed by atoms with E-state index in [2.05, 4.69) is 20.9 Å². The van der Waals surface area contributed by atoms with Gasteiger partial charge in [-0.15, -0.1) is 11.3 Å². The summed E-state index contributed by atoms with van der Waals surface area (Å²) in [4.78, 5) is 5.14. The topological polar surface area (TPSA) is 33.1 Å². The molecule has 1 atom stereocenters. The molecule has 0 radical (unpaired) electrons. The number of halogens is 1. The zero-order valence-corrected chi connectivity index (χ0v) is 12.2. The van der Waals surface area contributed by atoms with Gasteiger partial charge in [-0.3, -0.25) is 4.98 Å². The summed E-state index contributed by atoms with van der Waals surface area (Å²) in [5.74, 6) is 0. The Morgan fingerprint density at radius 3 is 2.82 bits per heavy atom. The fraction of sp³-hybridized carbons (Fsp3) is 0.308. The Balaban J connectivity index is 2.26. The van der Waals surface area contributed by atoms with Crippen molar-refractivity contribution < 1.29 is 5.11 Å². The fourth-order valence-electron chi connectivity index (χ4n) is 1.95. The SMILES string of the molecule is Cc1ccsc1C(C)(O)Cc1cncc(Br)c1. The third kappa shape index (κ3) is 2.94. The van der Waals surface area contributed by atoms with Gasteiger partial charge in [0, 0.05) is 28.2 Å². The van der Waals surface area contributed by atoms with Gasteiger partial charge >= 0.3 is 0 Å². The molecule has 17 heavy (non-hydrogen) atoms. The highest BCUT2D eigenvalue weighted by atomic mass is 79.9. The van der Waals surface area contributed by atoms with Crippen molar-refractivity contribution in [1.82, 2.24) is 4.98 Å². The van der Waals surface area contributed by atoms with Gasteiger partial charge in [-0.05, 0) is 58.4 Å². The molecule has 0 aliphatic rings. The van der Waals surface area contributed by atoms with Crippen LogP contribution in [-0.4, -0.2) is 10.1 Å². The molecule has 2 heterocycles. The minimum absolute atomic E-state index is 0.570. The quantitative estimate of drug-likeness (QED) is 0.938. The number of thiophene rings is 1. The first-order valence-electron chi connectivity index (χ1n) is 5.35. The number of aryl methyl sites for hydroxylation is 1. The molecule has 0 aromatic carbocycles. The zero-order valence-electron chi connectivity index (χ0n) is 9.77. The maximum absolute atomic E-state index is 10.6. The number of aliphatic hydroxyl groups is 1. The maximum atomic E-state index is 10.6. The lowest BCUT2D eigenvalue weighted by atomic mass is 9.94. The van der Waals surface area contributed by atoms with Gasteiger partial charge in [0.1, 0.15) is 5.60 Å². The highest BCUT2D eigenvalue weighted by molar-refractivity contribution is 9.10. The minimum atomic E-state index is -0.833. The summed E-state index contributed by atoms with van der Waals surface area (Å²) in [6, 6.07) is 4.03.